The summed E-state index contributed by atoms with van der Waals surface area (Å²) in [5, 5.41) is 3.57. The van der Waals surface area contributed by atoms with E-state index in [4.69, 9.17) is 23.2 Å². The molecule has 1 amide bonds. The van der Waals surface area contributed by atoms with Gasteiger partial charge in [0.05, 0.1) is 5.02 Å². The average molecular weight is 524 g/mol. The fraction of sp³-hybridized carbons (Fsp3) is 0.208. The van der Waals surface area contributed by atoms with Crippen LogP contribution in [0.5, 0.6) is 0 Å². The molecule has 0 radical (unpaired) electrons. The molecule has 0 spiro atoms. The van der Waals surface area contributed by atoms with Crippen molar-refractivity contribution in [2.45, 2.75) is 24.5 Å². The van der Waals surface area contributed by atoms with Gasteiger partial charge in [-0.2, -0.15) is 11.8 Å². The molecule has 0 atom stereocenters. The van der Waals surface area contributed by atoms with Crippen LogP contribution in [0.25, 0.3) is 0 Å². The number of carbonyl (C=O) groups excluding carboxylic acids is 1. The first kappa shape index (κ1) is 25.4. The summed E-state index contributed by atoms with van der Waals surface area (Å²) in [5.74, 6) is 1.06. The number of carbonyl (C=O) groups is 1. The Morgan fingerprint density at radius 1 is 0.939 bits per heavy atom. The molecule has 33 heavy (non-hydrogen) atoms. The van der Waals surface area contributed by atoms with E-state index in [1.807, 2.05) is 44.2 Å². The summed E-state index contributed by atoms with van der Waals surface area (Å²) in [7, 11) is -3.97. The summed E-state index contributed by atoms with van der Waals surface area (Å²) in [6.07, 6.45) is 0. The Morgan fingerprint density at radius 2 is 1.70 bits per heavy atom. The van der Waals surface area contributed by atoms with Crippen LogP contribution in [0, 0.1) is 13.8 Å². The minimum Gasteiger partial charge on any atom is -0.351 e. The van der Waals surface area contributed by atoms with Gasteiger partial charge in [-0.15, -0.1) is 0 Å². The monoisotopic (exact) mass is 522 g/mol. The number of benzene rings is 3. The molecule has 0 aliphatic carbocycles. The Hall–Kier alpha value is -2.19. The highest BCUT2D eigenvalue weighted by Gasteiger charge is 2.20. The Kier molecular flexibility index (Phi) is 8.70. The molecule has 0 fully saturated rings. The van der Waals surface area contributed by atoms with E-state index in [1.165, 1.54) is 18.2 Å². The highest BCUT2D eigenvalue weighted by Crippen LogP contribution is 2.26. The SMILES string of the molecule is Cc1ccc(NS(=O)(=O)c2cc(C(=O)NCCSCc3ccccc3Cl)ccc2Cl)cc1C. The molecule has 0 saturated carbocycles. The molecular formula is C24H24Cl2N2O3S2. The Balaban J connectivity index is 1.61. The summed E-state index contributed by atoms with van der Waals surface area (Å²) >= 11 is 14.0. The van der Waals surface area contributed by atoms with Crippen LogP contribution in [-0.2, 0) is 15.8 Å². The molecule has 0 saturated heterocycles. The number of hydrogen-bond acceptors (Lipinski definition) is 4. The fourth-order valence-electron chi connectivity index (χ4n) is 3.00. The molecule has 0 aromatic heterocycles. The molecule has 0 unspecified atom stereocenters. The molecule has 0 heterocycles. The Labute approximate surface area is 208 Å². The van der Waals surface area contributed by atoms with Gasteiger partial charge in [0, 0.05) is 34.3 Å². The highest BCUT2D eigenvalue weighted by molar-refractivity contribution is 7.98. The third-order valence-electron chi connectivity index (χ3n) is 4.99. The molecule has 3 aromatic carbocycles. The standard InChI is InChI=1S/C24H24Cl2N2O3S2/c1-16-7-9-20(13-17(16)2)28-33(30,31)23-14-18(8-10-22(23)26)24(29)27-11-12-32-15-19-5-3-4-6-21(19)25/h3-10,13-14,28H,11-12,15H2,1-2H3,(H,27,29). The van der Waals surface area contributed by atoms with Crippen molar-refractivity contribution >= 4 is 56.6 Å². The van der Waals surface area contributed by atoms with Crippen molar-refractivity contribution in [3.8, 4) is 0 Å². The summed E-state index contributed by atoms with van der Waals surface area (Å²) < 4.78 is 28.4. The van der Waals surface area contributed by atoms with E-state index in [0.29, 0.717) is 18.0 Å². The minimum absolute atomic E-state index is 0.0400. The molecule has 0 bridgehead atoms. The molecular weight excluding hydrogens is 499 g/mol. The zero-order valence-corrected chi connectivity index (χ0v) is 21.3. The van der Waals surface area contributed by atoms with Crippen molar-refractivity contribution in [1.82, 2.24) is 5.32 Å². The van der Waals surface area contributed by atoms with Crippen molar-refractivity contribution in [3.05, 3.63) is 93.0 Å². The van der Waals surface area contributed by atoms with Crippen LogP contribution in [0.15, 0.2) is 65.6 Å². The zero-order chi connectivity index (χ0) is 24.0. The molecule has 3 aromatic rings. The van der Waals surface area contributed by atoms with E-state index >= 15 is 0 Å². The summed E-state index contributed by atoms with van der Waals surface area (Å²) in [5.41, 5.74) is 3.70. The quantitative estimate of drug-likeness (QED) is 0.334. The van der Waals surface area contributed by atoms with Crippen molar-refractivity contribution < 1.29 is 13.2 Å². The van der Waals surface area contributed by atoms with Gasteiger partial charge in [0.15, 0.2) is 0 Å². The molecule has 5 nitrogen and oxygen atoms in total. The molecule has 0 aliphatic rings. The van der Waals surface area contributed by atoms with E-state index in [9.17, 15) is 13.2 Å². The van der Waals surface area contributed by atoms with Gasteiger partial charge >= 0.3 is 0 Å². The van der Waals surface area contributed by atoms with E-state index in [2.05, 4.69) is 10.0 Å². The molecule has 174 valence electrons. The predicted octanol–water partition coefficient (Wildman–Crippen LogP) is 6.07. The number of sulfonamides is 1. The van der Waals surface area contributed by atoms with Crippen LogP contribution in [0.4, 0.5) is 5.69 Å². The normalized spacial score (nSPS) is 11.3. The van der Waals surface area contributed by atoms with E-state index < -0.39 is 10.0 Å². The van der Waals surface area contributed by atoms with Crippen LogP contribution >= 0.6 is 35.0 Å². The second-order valence-electron chi connectivity index (χ2n) is 7.45. The summed E-state index contributed by atoms with van der Waals surface area (Å²) in [6, 6.07) is 17.1. The molecule has 3 rings (SSSR count). The zero-order valence-electron chi connectivity index (χ0n) is 18.2. The van der Waals surface area contributed by atoms with Crippen LogP contribution in [0.1, 0.15) is 27.0 Å². The first-order valence-electron chi connectivity index (χ1n) is 10.2. The van der Waals surface area contributed by atoms with E-state index in [-0.39, 0.29) is 21.4 Å². The molecule has 2 N–H and O–H groups in total. The lowest BCUT2D eigenvalue weighted by Crippen LogP contribution is -2.26. The third-order valence-corrected chi connectivity index (χ3v) is 8.23. The van der Waals surface area contributed by atoms with Gasteiger partial charge in [-0.25, -0.2) is 8.42 Å². The van der Waals surface area contributed by atoms with Gasteiger partial charge in [0.1, 0.15) is 4.90 Å². The maximum atomic E-state index is 12.9. The number of aryl methyl sites for hydroxylation is 2. The average Bonchev–Trinajstić information content (AvgIpc) is 2.77. The van der Waals surface area contributed by atoms with Crippen molar-refractivity contribution in [2.75, 3.05) is 17.0 Å². The first-order valence-corrected chi connectivity index (χ1v) is 13.6. The van der Waals surface area contributed by atoms with Crippen molar-refractivity contribution in [1.29, 1.82) is 0 Å². The van der Waals surface area contributed by atoms with E-state index in [1.54, 1.807) is 23.9 Å². The number of hydrogen-bond donors (Lipinski definition) is 2. The van der Waals surface area contributed by atoms with E-state index in [0.717, 1.165) is 27.5 Å². The number of halogens is 2. The molecule has 9 heteroatoms. The van der Waals surface area contributed by atoms with Crippen LogP contribution < -0.4 is 10.0 Å². The Bertz CT molecular complexity index is 1260. The van der Waals surface area contributed by atoms with Gasteiger partial charge in [-0.05, 0) is 66.9 Å². The van der Waals surface area contributed by atoms with Crippen molar-refractivity contribution in [3.63, 3.8) is 0 Å². The summed E-state index contributed by atoms with van der Waals surface area (Å²) in [4.78, 5) is 12.4. The van der Waals surface area contributed by atoms with Crippen LogP contribution in [0.2, 0.25) is 10.0 Å². The number of rotatable bonds is 9. The predicted molar refractivity (Wildman–Crippen MR) is 138 cm³/mol. The topological polar surface area (TPSA) is 75.3 Å². The van der Waals surface area contributed by atoms with Gasteiger partial charge < -0.3 is 5.32 Å². The van der Waals surface area contributed by atoms with Gasteiger partial charge in [0.2, 0.25) is 0 Å². The number of amides is 1. The largest absolute Gasteiger partial charge is 0.351 e. The van der Waals surface area contributed by atoms with Gasteiger partial charge in [-0.3, -0.25) is 9.52 Å². The first-order chi connectivity index (χ1) is 15.7. The highest BCUT2D eigenvalue weighted by atomic mass is 35.5. The van der Waals surface area contributed by atoms with Crippen LogP contribution in [0.3, 0.4) is 0 Å². The van der Waals surface area contributed by atoms with Gasteiger partial charge in [-0.1, -0.05) is 47.5 Å². The number of nitrogens with one attached hydrogen (secondary N) is 2. The van der Waals surface area contributed by atoms with Crippen molar-refractivity contribution in [2.24, 2.45) is 0 Å². The smallest absolute Gasteiger partial charge is 0.263 e. The summed E-state index contributed by atoms with van der Waals surface area (Å²) in [6.45, 7) is 4.28. The third kappa shape index (κ3) is 6.90. The minimum atomic E-state index is -3.97. The number of anilines is 1. The fourth-order valence-corrected chi connectivity index (χ4v) is 5.72. The lowest BCUT2D eigenvalue weighted by atomic mass is 10.1. The number of thioether (sulfide) groups is 1. The van der Waals surface area contributed by atoms with Gasteiger partial charge in [0.25, 0.3) is 15.9 Å². The Morgan fingerprint density at radius 3 is 2.42 bits per heavy atom. The van der Waals surface area contributed by atoms with Crippen LogP contribution in [-0.4, -0.2) is 26.6 Å². The second-order valence-corrected chi connectivity index (χ2v) is 11.0. The lowest BCUT2D eigenvalue weighted by Gasteiger charge is -2.12. The maximum Gasteiger partial charge on any atom is 0.263 e. The lowest BCUT2D eigenvalue weighted by molar-refractivity contribution is 0.0956. The second kappa shape index (κ2) is 11.3. The maximum absolute atomic E-state index is 12.9. The molecule has 0 aliphatic heterocycles.